The summed E-state index contributed by atoms with van der Waals surface area (Å²) < 4.78 is 31.0. The van der Waals surface area contributed by atoms with Crippen LogP contribution in [-0.4, -0.2) is 29.7 Å². The molecule has 1 heterocycles. The highest BCUT2D eigenvalue weighted by Gasteiger charge is 2.23. The van der Waals surface area contributed by atoms with Crippen LogP contribution in [0.5, 0.6) is 0 Å². The van der Waals surface area contributed by atoms with Crippen molar-refractivity contribution in [2.45, 2.75) is 45.7 Å². The Bertz CT molecular complexity index is 1530. The minimum Gasteiger partial charge on any atom is -0.316 e. The molecule has 0 bridgehead atoms. The summed E-state index contributed by atoms with van der Waals surface area (Å²) in [6, 6.07) is 19.7. The van der Waals surface area contributed by atoms with Crippen LogP contribution in [0.1, 0.15) is 40.9 Å². The lowest BCUT2D eigenvalue weighted by Crippen LogP contribution is -2.30. The molecule has 1 amide bonds. The van der Waals surface area contributed by atoms with E-state index < -0.39 is 15.9 Å². The Morgan fingerprint density at radius 1 is 0.943 bits per heavy atom. The molecule has 6 nitrogen and oxygen atoms in total. The fourth-order valence-corrected chi connectivity index (χ4v) is 6.75. The molecular weight excluding hydrogens is 478 g/mol. The Hall–Kier alpha value is -3.07. The quantitative estimate of drug-likeness (QED) is 0.341. The van der Waals surface area contributed by atoms with Gasteiger partial charge in [0.25, 0.3) is 5.91 Å². The molecule has 1 aromatic heterocycles. The summed E-state index contributed by atoms with van der Waals surface area (Å²) in [6.45, 7) is 9.29. The van der Waals surface area contributed by atoms with Crippen LogP contribution in [0, 0.1) is 13.8 Å². The van der Waals surface area contributed by atoms with Gasteiger partial charge in [0.1, 0.15) is 0 Å². The molecule has 0 aliphatic rings. The largest absolute Gasteiger partial charge is 0.316 e. The molecule has 0 N–H and O–H groups in total. The standard InChI is InChI=1S/C27H29N3O3S2/c1-5-29(18-21-10-8-7-9-11-21)35(32,33)23-16-14-22(15-17-23)26(31)28-27-30(6-2)24-19(3)12-13-20(4)25(24)34-27/h7-17H,5-6,18H2,1-4H3. The van der Waals surface area contributed by atoms with Crippen LogP contribution in [0.15, 0.2) is 76.6 Å². The van der Waals surface area contributed by atoms with E-state index in [2.05, 4.69) is 35.5 Å². The van der Waals surface area contributed by atoms with Crippen LogP contribution in [0.3, 0.4) is 0 Å². The predicted octanol–water partition coefficient (Wildman–Crippen LogP) is 5.29. The first-order chi connectivity index (χ1) is 16.8. The molecule has 0 unspecified atom stereocenters. The smallest absolute Gasteiger partial charge is 0.279 e. The van der Waals surface area contributed by atoms with Gasteiger partial charge >= 0.3 is 0 Å². The van der Waals surface area contributed by atoms with Gasteiger partial charge in [-0.05, 0) is 61.7 Å². The number of sulfonamides is 1. The lowest BCUT2D eigenvalue weighted by Gasteiger charge is -2.20. The normalized spacial score (nSPS) is 12.5. The number of hydrogen-bond acceptors (Lipinski definition) is 4. The zero-order valence-electron chi connectivity index (χ0n) is 20.4. The Balaban J connectivity index is 1.64. The van der Waals surface area contributed by atoms with E-state index in [0.29, 0.717) is 23.5 Å². The van der Waals surface area contributed by atoms with Crippen LogP contribution >= 0.6 is 11.3 Å². The topological polar surface area (TPSA) is 71.7 Å². The van der Waals surface area contributed by atoms with Crippen molar-refractivity contribution in [1.29, 1.82) is 0 Å². The first-order valence-electron chi connectivity index (χ1n) is 11.6. The zero-order chi connectivity index (χ0) is 25.2. The van der Waals surface area contributed by atoms with Crippen LogP contribution in [-0.2, 0) is 23.1 Å². The van der Waals surface area contributed by atoms with Gasteiger partial charge in [-0.15, -0.1) is 0 Å². The number of carbonyl (C=O) groups excluding carboxylic acids is 1. The Morgan fingerprint density at radius 2 is 1.60 bits per heavy atom. The summed E-state index contributed by atoms with van der Waals surface area (Å²) in [6.07, 6.45) is 0. The average Bonchev–Trinajstić information content (AvgIpc) is 3.24. The number of rotatable bonds is 7. The summed E-state index contributed by atoms with van der Waals surface area (Å²) in [5.41, 5.74) is 4.66. The summed E-state index contributed by atoms with van der Waals surface area (Å²) >= 11 is 1.50. The molecule has 0 radical (unpaired) electrons. The SMILES string of the molecule is CCN(Cc1ccccc1)S(=O)(=O)c1ccc(C(=O)N=c2sc3c(C)ccc(C)c3n2CC)cc1. The van der Waals surface area contributed by atoms with Crippen molar-refractivity contribution in [2.75, 3.05) is 6.54 Å². The third kappa shape index (κ3) is 5.00. The monoisotopic (exact) mass is 507 g/mol. The molecule has 4 aromatic rings. The fourth-order valence-electron chi connectivity index (χ4n) is 4.08. The van der Waals surface area contributed by atoms with Gasteiger partial charge in [-0.3, -0.25) is 4.79 Å². The van der Waals surface area contributed by atoms with E-state index in [1.165, 1.54) is 39.9 Å². The molecule has 0 saturated heterocycles. The van der Waals surface area contributed by atoms with Crippen molar-refractivity contribution >= 4 is 37.5 Å². The molecular formula is C27H29N3O3S2. The van der Waals surface area contributed by atoms with Crippen LogP contribution in [0.25, 0.3) is 10.2 Å². The molecule has 0 atom stereocenters. The lowest BCUT2D eigenvalue weighted by molar-refractivity contribution is 0.0997. The zero-order valence-corrected chi connectivity index (χ0v) is 22.0. The number of nitrogens with zero attached hydrogens (tertiary/aromatic N) is 3. The van der Waals surface area contributed by atoms with Gasteiger partial charge in [-0.2, -0.15) is 9.30 Å². The first-order valence-corrected chi connectivity index (χ1v) is 13.8. The van der Waals surface area contributed by atoms with Gasteiger partial charge in [0.15, 0.2) is 4.80 Å². The van der Waals surface area contributed by atoms with Gasteiger partial charge in [-0.1, -0.05) is 60.7 Å². The number of fused-ring (bicyclic) bond motifs is 1. The second-order valence-corrected chi connectivity index (χ2v) is 11.3. The molecule has 8 heteroatoms. The number of hydrogen-bond donors (Lipinski definition) is 0. The number of benzene rings is 3. The first kappa shape index (κ1) is 25.0. The number of amides is 1. The van der Waals surface area contributed by atoms with E-state index >= 15 is 0 Å². The van der Waals surface area contributed by atoms with Crippen molar-refractivity contribution in [1.82, 2.24) is 8.87 Å². The summed E-state index contributed by atoms with van der Waals surface area (Å²) in [4.78, 5) is 18.2. The fraction of sp³-hybridized carbons (Fsp3) is 0.259. The molecule has 0 spiro atoms. The highest BCUT2D eigenvalue weighted by molar-refractivity contribution is 7.89. The highest BCUT2D eigenvalue weighted by atomic mass is 32.2. The number of carbonyl (C=O) groups is 1. The molecule has 0 aliphatic carbocycles. The van der Waals surface area contributed by atoms with Gasteiger partial charge in [-0.25, -0.2) is 8.42 Å². The second kappa shape index (κ2) is 10.3. The Labute approximate surface area is 210 Å². The molecule has 0 fully saturated rings. The maximum atomic E-state index is 13.2. The molecule has 4 rings (SSSR count). The summed E-state index contributed by atoms with van der Waals surface area (Å²) in [5, 5.41) is 0. The van der Waals surface area contributed by atoms with Gasteiger partial charge < -0.3 is 4.57 Å². The third-order valence-electron chi connectivity index (χ3n) is 6.03. The van der Waals surface area contributed by atoms with Gasteiger partial charge in [0, 0.05) is 25.2 Å². The van der Waals surface area contributed by atoms with E-state index in [1.807, 2.05) is 44.2 Å². The average molecular weight is 508 g/mol. The summed E-state index contributed by atoms with van der Waals surface area (Å²) in [5.74, 6) is -0.394. The molecule has 0 aliphatic heterocycles. The second-order valence-electron chi connectivity index (χ2n) is 8.36. The van der Waals surface area contributed by atoms with Crippen LogP contribution in [0.2, 0.25) is 0 Å². The number of aryl methyl sites for hydroxylation is 3. The van der Waals surface area contributed by atoms with Gasteiger partial charge in [0.2, 0.25) is 10.0 Å². The van der Waals surface area contributed by atoms with Crippen LogP contribution < -0.4 is 4.80 Å². The third-order valence-corrected chi connectivity index (χ3v) is 9.18. The van der Waals surface area contributed by atoms with E-state index in [0.717, 1.165) is 26.9 Å². The minimum atomic E-state index is -3.70. The van der Waals surface area contributed by atoms with Gasteiger partial charge in [0.05, 0.1) is 15.1 Å². The maximum absolute atomic E-state index is 13.2. The molecule has 0 saturated carbocycles. The Kier molecular flexibility index (Phi) is 7.35. The van der Waals surface area contributed by atoms with Crippen molar-refractivity contribution in [2.24, 2.45) is 4.99 Å². The maximum Gasteiger partial charge on any atom is 0.279 e. The highest BCUT2D eigenvalue weighted by Crippen LogP contribution is 2.25. The van der Waals surface area contributed by atoms with Crippen molar-refractivity contribution in [3.8, 4) is 0 Å². The van der Waals surface area contributed by atoms with Crippen molar-refractivity contribution in [3.05, 3.63) is 93.8 Å². The molecule has 35 heavy (non-hydrogen) atoms. The van der Waals surface area contributed by atoms with E-state index in [-0.39, 0.29) is 11.4 Å². The number of aromatic nitrogens is 1. The van der Waals surface area contributed by atoms with E-state index in [9.17, 15) is 13.2 Å². The predicted molar refractivity (Wildman–Crippen MR) is 141 cm³/mol. The minimum absolute atomic E-state index is 0.156. The summed E-state index contributed by atoms with van der Waals surface area (Å²) in [7, 11) is -3.70. The molecule has 182 valence electrons. The van der Waals surface area contributed by atoms with E-state index in [4.69, 9.17) is 0 Å². The van der Waals surface area contributed by atoms with Crippen molar-refractivity contribution < 1.29 is 13.2 Å². The lowest BCUT2D eigenvalue weighted by atomic mass is 10.1. The molecule has 3 aromatic carbocycles. The Morgan fingerprint density at radius 3 is 2.23 bits per heavy atom. The van der Waals surface area contributed by atoms with Crippen molar-refractivity contribution in [3.63, 3.8) is 0 Å². The van der Waals surface area contributed by atoms with Crippen LogP contribution in [0.4, 0.5) is 0 Å². The number of thiazole rings is 1. The van der Waals surface area contributed by atoms with E-state index in [1.54, 1.807) is 0 Å².